The highest BCUT2D eigenvalue weighted by molar-refractivity contribution is 5.76. The molecule has 2 N–H and O–H groups in total. The number of nitrogens with one attached hydrogen (secondary N) is 1. The Balaban J connectivity index is 2.52. The summed E-state index contributed by atoms with van der Waals surface area (Å²) in [5.41, 5.74) is 0.646. The number of hydrogen-bond acceptors (Lipinski definition) is 4. The maximum atomic E-state index is 13.5. The van der Waals surface area contributed by atoms with Crippen molar-refractivity contribution in [3.8, 4) is 0 Å². The van der Waals surface area contributed by atoms with Crippen LogP contribution in [0.2, 0.25) is 0 Å². The van der Waals surface area contributed by atoms with E-state index in [0.717, 1.165) is 0 Å². The van der Waals surface area contributed by atoms with Gasteiger partial charge < -0.3 is 9.84 Å². The first-order chi connectivity index (χ1) is 9.45. The molecule has 0 aliphatic carbocycles. The van der Waals surface area contributed by atoms with Gasteiger partial charge in [0, 0.05) is 6.04 Å². The van der Waals surface area contributed by atoms with Crippen molar-refractivity contribution < 1.29 is 19.0 Å². The Bertz CT molecular complexity index is 437. The maximum absolute atomic E-state index is 13.5. The van der Waals surface area contributed by atoms with Gasteiger partial charge in [-0.2, -0.15) is 0 Å². The van der Waals surface area contributed by atoms with E-state index in [2.05, 4.69) is 10.1 Å². The number of ether oxygens (including phenoxy) is 1. The van der Waals surface area contributed by atoms with Crippen molar-refractivity contribution in [2.75, 3.05) is 7.11 Å². The number of halogens is 1. The molecule has 0 amide bonds. The number of esters is 1. The molecule has 112 valence electrons. The number of aliphatic hydroxyl groups is 1. The van der Waals surface area contributed by atoms with Gasteiger partial charge in [-0.25, -0.2) is 4.39 Å². The van der Waals surface area contributed by atoms with Crippen LogP contribution < -0.4 is 5.32 Å². The fraction of sp³-hybridized carbons (Fsp3) is 0.533. The third-order valence-electron chi connectivity index (χ3n) is 3.21. The largest absolute Gasteiger partial charge is 0.468 e. The second-order valence-electron chi connectivity index (χ2n) is 4.94. The van der Waals surface area contributed by atoms with Crippen LogP contribution in [0, 0.1) is 5.82 Å². The van der Waals surface area contributed by atoms with Crippen molar-refractivity contribution in [2.24, 2.45) is 0 Å². The van der Waals surface area contributed by atoms with E-state index in [1.54, 1.807) is 18.2 Å². The molecule has 1 aromatic rings. The number of hydrogen-bond donors (Lipinski definition) is 2. The van der Waals surface area contributed by atoms with Crippen LogP contribution in [0.5, 0.6) is 0 Å². The van der Waals surface area contributed by atoms with E-state index in [4.69, 9.17) is 0 Å². The predicted molar refractivity (Wildman–Crippen MR) is 74.8 cm³/mol. The highest BCUT2D eigenvalue weighted by atomic mass is 19.1. The molecule has 0 fully saturated rings. The normalized spacial score (nSPS) is 15.4. The highest BCUT2D eigenvalue weighted by Gasteiger charge is 2.25. The first-order valence-corrected chi connectivity index (χ1v) is 6.71. The van der Waals surface area contributed by atoms with Crippen LogP contribution >= 0.6 is 0 Å². The van der Waals surface area contributed by atoms with Crippen molar-refractivity contribution in [3.63, 3.8) is 0 Å². The minimum atomic E-state index is -0.849. The number of carbonyl (C=O) groups excluding carboxylic acids is 1. The predicted octanol–water partition coefficient (Wildman–Crippen LogP) is 1.66. The summed E-state index contributed by atoms with van der Waals surface area (Å²) >= 11 is 0. The summed E-state index contributed by atoms with van der Waals surface area (Å²) in [5, 5.41) is 12.6. The maximum Gasteiger partial charge on any atom is 0.325 e. The number of methoxy groups -OCH3 is 1. The Morgan fingerprint density at radius 3 is 2.60 bits per heavy atom. The smallest absolute Gasteiger partial charge is 0.325 e. The fourth-order valence-electron chi connectivity index (χ4n) is 1.99. The van der Waals surface area contributed by atoms with E-state index in [0.29, 0.717) is 18.4 Å². The first kappa shape index (κ1) is 16.6. The van der Waals surface area contributed by atoms with Crippen molar-refractivity contribution in [1.29, 1.82) is 0 Å². The minimum absolute atomic E-state index is 0.0479. The lowest BCUT2D eigenvalue weighted by Crippen LogP contribution is -2.49. The molecule has 0 aliphatic rings. The average Bonchev–Trinajstić information content (AvgIpc) is 2.42. The standard InChI is InChI=1S/C15H22FNO3/c1-10(17-14(11(2)18)15(19)20-3)8-9-12-6-4-5-7-13(12)16/h4-7,10-11,14,17-18H,8-9H2,1-3H3/t10-,11-,14-/m1/s1. The second kappa shape index (κ2) is 7.97. The first-order valence-electron chi connectivity index (χ1n) is 6.71. The molecule has 0 radical (unpaired) electrons. The van der Waals surface area contributed by atoms with E-state index in [9.17, 15) is 14.3 Å². The Hall–Kier alpha value is -1.46. The van der Waals surface area contributed by atoms with Gasteiger partial charge >= 0.3 is 5.97 Å². The van der Waals surface area contributed by atoms with Gasteiger partial charge in [-0.3, -0.25) is 10.1 Å². The molecule has 0 aliphatic heterocycles. The molecule has 0 bridgehead atoms. The number of rotatable bonds is 7. The summed E-state index contributed by atoms with van der Waals surface area (Å²) in [7, 11) is 1.28. The Kier molecular flexibility index (Phi) is 6.61. The summed E-state index contributed by atoms with van der Waals surface area (Å²) < 4.78 is 18.1. The van der Waals surface area contributed by atoms with Crippen LogP contribution in [0.15, 0.2) is 24.3 Å². The summed E-state index contributed by atoms with van der Waals surface area (Å²) in [6.45, 7) is 3.41. The molecule has 0 saturated carbocycles. The van der Waals surface area contributed by atoms with Crippen LogP contribution in [0.1, 0.15) is 25.8 Å². The van der Waals surface area contributed by atoms with E-state index < -0.39 is 18.1 Å². The monoisotopic (exact) mass is 283 g/mol. The van der Waals surface area contributed by atoms with Gasteiger partial charge in [-0.05, 0) is 38.3 Å². The van der Waals surface area contributed by atoms with Crippen LogP contribution in [0.4, 0.5) is 4.39 Å². The van der Waals surface area contributed by atoms with Crippen LogP contribution in [0.25, 0.3) is 0 Å². The molecule has 0 saturated heterocycles. The second-order valence-corrected chi connectivity index (χ2v) is 4.94. The van der Waals surface area contributed by atoms with Crippen molar-refractivity contribution in [3.05, 3.63) is 35.6 Å². The van der Waals surface area contributed by atoms with Crippen LogP contribution in [-0.4, -0.2) is 36.4 Å². The molecule has 20 heavy (non-hydrogen) atoms. The van der Waals surface area contributed by atoms with Crippen molar-refractivity contribution in [1.82, 2.24) is 5.32 Å². The number of carbonyl (C=O) groups is 1. The number of aryl methyl sites for hydroxylation is 1. The van der Waals surface area contributed by atoms with Crippen molar-refractivity contribution in [2.45, 2.75) is 44.9 Å². The zero-order chi connectivity index (χ0) is 15.1. The lowest BCUT2D eigenvalue weighted by Gasteiger charge is -2.23. The number of aliphatic hydroxyl groups excluding tert-OH is 1. The zero-order valence-corrected chi connectivity index (χ0v) is 12.1. The van der Waals surface area contributed by atoms with E-state index in [1.165, 1.54) is 20.1 Å². The highest BCUT2D eigenvalue weighted by Crippen LogP contribution is 2.11. The van der Waals surface area contributed by atoms with Crippen LogP contribution in [-0.2, 0) is 16.0 Å². The van der Waals surface area contributed by atoms with Gasteiger partial charge in [0.15, 0.2) is 0 Å². The van der Waals surface area contributed by atoms with Gasteiger partial charge in [0.25, 0.3) is 0 Å². The minimum Gasteiger partial charge on any atom is -0.468 e. The molecular formula is C15H22FNO3. The Morgan fingerprint density at radius 2 is 2.05 bits per heavy atom. The lowest BCUT2D eigenvalue weighted by molar-refractivity contribution is -0.146. The number of benzene rings is 1. The molecular weight excluding hydrogens is 261 g/mol. The average molecular weight is 283 g/mol. The Labute approximate surface area is 119 Å². The van der Waals surface area contributed by atoms with Gasteiger partial charge in [-0.15, -0.1) is 0 Å². The van der Waals surface area contributed by atoms with Gasteiger partial charge in [0.2, 0.25) is 0 Å². The quantitative estimate of drug-likeness (QED) is 0.747. The molecule has 5 heteroatoms. The lowest BCUT2D eigenvalue weighted by atomic mass is 10.0. The summed E-state index contributed by atoms with van der Waals surface area (Å²) in [6.07, 6.45) is 0.369. The molecule has 0 aromatic heterocycles. The third-order valence-corrected chi connectivity index (χ3v) is 3.21. The summed E-state index contributed by atoms with van der Waals surface area (Å²) in [5.74, 6) is -0.725. The van der Waals surface area contributed by atoms with Gasteiger partial charge in [0.05, 0.1) is 13.2 Å². The van der Waals surface area contributed by atoms with E-state index in [1.807, 2.05) is 6.92 Å². The van der Waals surface area contributed by atoms with E-state index in [-0.39, 0.29) is 11.9 Å². The molecule has 1 aromatic carbocycles. The SMILES string of the molecule is COC(=O)[C@H](N[C@H](C)CCc1ccccc1F)[C@@H](C)O. The van der Waals surface area contributed by atoms with E-state index >= 15 is 0 Å². The summed E-state index contributed by atoms with van der Waals surface area (Å²) in [4.78, 5) is 11.5. The topological polar surface area (TPSA) is 58.6 Å². The Morgan fingerprint density at radius 1 is 1.40 bits per heavy atom. The molecule has 0 spiro atoms. The zero-order valence-electron chi connectivity index (χ0n) is 12.1. The molecule has 0 unspecified atom stereocenters. The van der Waals surface area contributed by atoms with Gasteiger partial charge in [-0.1, -0.05) is 18.2 Å². The molecule has 1 rings (SSSR count). The van der Waals surface area contributed by atoms with Gasteiger partial charge in [0.1, 0.15) is 11.9 Å². The molecule has 4 nitrogen and oxygen atoms in total. The molecule has 3 atom stereocenters. The molecule has 0 heterocycles. The summed E-state index contributed by atoms with van der Waals surface area (Å²) in [6, 6.07) is 5.81. The third kappa shape index (κ3) is 4.90. The fourth-order valence-corrected chi connectivity index (χ4v) is 1.99. The van der Waals surface area contributed by atoms with Crippen LogP contribution in [0.3, 0.4) is 0 Å². The van der Waals surface area contributed by atoms with Crippen molar-refractivity contribution >= 4 is 5.97 Å².